The smallest absolute Gasteiger partial charge is 0.228 e. The van der Waals surface area contributed by atoms with Crippen molar-refractivity contribution in [3.8, 4) is 0 Å². The molecule has 2 unspecified atom stereocenters. The van der Waals surface area contributed by atoms with Gasteiger partial charge in [0.25, 0.3) is 0 Å². The molecule has 0 aromatic heterocycles. The summed E-state index contributed by atoms with van der Waals surface area (Å²) < 4.78 is 0. The van der Waals surface area contributed by atoms with E-state index >= 15 is 0 Å². The number of rotatable bonds is 3. The minimum absolute atomic E-state index is 0.211. The molecule has 1 aromatic carbocycles. The molecular formula is C18H26N2O. The Morgan fingerprint density at radius 1 is 1.33 bits per heavy atom. The second kappa shape index (κ2) is 5.80. The van der Waals surface area contributed by atoms with E-state index in [1.807, 2.05) is 0 Å². The maximum absolute atomic E-state index is 12.8. The van der Waals surface area contributed by atoms with Crippen LogP contribution in [-0.4, -0.2) is 25.0 Å². The van der Waals surface area contributed by atoms with Crippen LogP contribution >= 0.6 is 0 Å². The second-order valence-corrected chi connectivity index (χ2v) is 6.92. The van der Waals surface area contributed by atoms with E-state index in [-0.39, 0.29) is 11.3 Å². The summed E-state index contributed by atoms with van der Waals surface area (Å²) in [6, 6.07) is 8.91. The third-order valence-corrected chi connectivity index (χ3v) is 5.43. The van der Waals surface area contributed by atoms with E-state index in [9.17, 15) is 4.79 Å². The van der Waals surface area contributed by atoms with Gasteiger partial charge in [0.15, 0.2) is 0 Å². The molecule has 3 nitrogen and oxygen atoms in total. The van der Waals surface area contributed by atoms with Crippen molar-refractivity contribution in [2.24, 2.45) is 11.3 Å². The fourth-order valence-electron chi connectivity index (χ4n) is 3.81. The molecule has 1 aliphatic heterocycles. The zero-order valence-electron chi connectivity index (χ0n) is 13.1. The van der Waals surface area contributed by atoms with Crippen molar-refractivity contribution in [2.75, 3.05) is 13.1 Å². The van der Waals surface area contributed by atoms with Crippen LogP contribution < -0.4 is 10.6 Å². The molecule has 3 heteroatoms. The maximum atomic E-state index is 12.8. The van der Waals surface area contributed by atoms with Crippen LogP contribution in [0.4, 0.5) is 0 Å². The molecule has 0 saturated carbocycles. The fourth-order valence-corrected chi connectivity index (χ4v) is 3.81. The fraction of sp³-hybridized carbons (Fsp3) is 0.611. The van der Waals surface area contributed by atoms with Crippen LogP contribution in [-0.2, 0) is 17.6 Å². The first kappa shape index (κ1) is 14.6. The van der Waals surface area contributed by atoms with Gasteiger partial charge in [-0.1, -0.05) is 38.1 Å². The Hall–Kier alpha value is -1.35. The third-order valence-electron chi connectivity index (χ3n) is 5.43. The van der Waals surface area contributed by atoms with E-state index in [4.69, 9.17) is 0 Å². The lowest BCUT2D eigenvalue weighted by Gasteiger charge is -2.34. The summed E-state index contributed by atoms with van der Waals surface area (Å²) in [5.74, 6) is 0.634. The Labute approximate surface area is 127 Å². The summed E-state index contributed by atoms with van der Waals surface area (Å²) in [6.45, 7) is 6.12. The van der Waals surface area contributed by atoms with Crippen molar-refractivity contribution in [1.82, 2.24) is 10.6 Å². The van der Waals surface area contributed by atoms with Crippen LogP contribution in [0.5, 0.6) is 0 Å². The van der Waals surface area contributed by atoms with E-state index in [1.54, 1.807) is 0 Å². The highest BCUT2D eigenvalue weighted by atomic mass is 16.2. The predicted molar refractivity (Wildman–Crippen MR) is 85.2 cm³/mol. The van der Waals surface area contributed by atoms with Crippen molar-refractivity contribution in [2.45, 2.75) is 45.6 Å². The molecule has 0 bridgehead atoms. The van der Waals surface area contributed by atoms with Gasteiger partial charge in [0.2, 0.25) is 5.91 Å². The molecule has 1 fully saturated rings. The van der Waals surface area contributed by atoms with Crippen LogP contribution in [0, 0.1) is 11.3 Å². The molecular weight excluding hydrogens is 260 g/mol. The molecule has 1 heterocycles. The lowest BCUT2D eigenvalue weighted by Crippen LogP contribution is -2.50. The average Bonchev–Trinajstić information content (AvgIpc) is 2.98. The van der Waals surface area contributed by atoms with Crippen molar-refractivity contribution in [3.05, 3.63) is 35.4 Å². The first-order valence-corrected chi connectivity index (χ1v) is 8.20. The van der Waals surface area contributed by atoms with Crippen molar-refractivity contribution in [1.29, 1.82) is 0 Å². The van der Waals surface area contributed by atoms with Crippen LogP contribution in [0.3, 0.4) is 0 Å². The number of benzene rings is 1. The summed E-state index contributed by atoms with van der Waals surface area (Å²) in [7, 11) is 0. The van der Waals surface area contributed by atoms with Gasteiger partial charge in [0.1, 0.15) is 0 Å². The van der Waals surface area contributed by atoms with Gasteiger partial charge in [-0.25, -0.2) is 0 Å². The largest absolute Gasteiger partial charge is 0.352 e. The van der Waals surface area contributed by atoms with Crippen LogP contribution in [0.1, 0.15) is 37.8 Å². The standard InChI is InChI=1S/C18H26N2O/c1-13(2)18(9-10-19-12-18)17(21)20-16-8-7-14-5-3-4-6-15(14)11-16/h3-6,13,16,19H,7-12H2,1-2H3,(H,20,21). The van der Waals surface area contributed by atoms with E-state index in [0.29, 0.717) is 12.0 Å². The minimum atomic E-state index is -0.211. The Bertz CT molecular complexity index is 518. The number of aryl methyl sites for hydroxylation is 1. The highest BCUT2D eigenvalue weighted by Crippen LogP contribution is 2.35. The Morgan fingerprint density at radius 3 is 2.76 bits per heavy atom. The Kier molecular flexibility index (Phi) is 4.03. The Morgan fingerprint density at radius 2 is 2.10 bits per heavy atom. The minimum Gasteiger partial charge on any atom is -0.352 e. The molecule has 1 aliphatic carbocycles. The van der Waals surface area contributed by atoms with E-state index < -0.39 is 0 Å². The van der Waals surface area contributed by atoms with Gasteiger partial charge in [0.05, 0.1) is 5.41 Å². The van der Waals surface area contributed by atoms with Gasteiger partial charge in [-0.05, 0) is 49.3 Å². The predicted octanol–water partition coefficient (Wildman–Crippen LogP) is 2.30. The summed E-state index contributed by atoms with van der Waals surface area (Å²) >= 11 is 0. The number of hydrogen-bond acceptors (Lipinski definition) is 2. The normalized spacial score (nSPS) is 28.4. The Balaban J connectivity index is 1.69. The van der Waals surface area contributed by atoms with Gasteiger partial charge >= 0.3 is 0 Å². The number of carbonyl (C=O) groups is 1. The molecule has 0 spiro atoms. The number of nitrogens with one attached hydrogen (secondary N) is 2. The SMILES string of the molecule is CC(C)C1(C(=O)NC2CCc3ccccc3C2)CCNC1. The molecule has 1 aromatic rings. The highest BCUT2D eigenvalue weighted by molar-refractivity contribution is 5.84. The molecule has 3 rings (SSSR count). The van der Waals surface area contributed by atoms with Gasteiger partial charge in [-0.3, -0.25) is 4.79 Å². The molecule has 1 amide bonds. The van der Waals surface area contributed by atoms with Crippen molar-refractivity contribution >= 4 is 5.91 Å². The monoisotopic (exact) mass is 286 g/mol. The average molecular weight is 286 g/mol. The molecule has 2 N–H and O–H groups in total. The molecule has 2 atom stereocenters. The summed E-state index contributed by atoms with van der Waals surface area (Å²) in [5.41, 5.74) is 2.64. The van der Waals surface area contributed by atoms with Crippen molar-refractivity contribution < 1.29 is 4.79 Å². The summed E-state index contributed by atoms with van der Waals surface area (Å²) in [4.78, 5) is 12.8. The number of hydrogen-bond donors (Lipinski definition) is 2. The van der Waals surface area contributed by atoms with Gasteiger partial charge < -0.3 is 10.6 Å². The molecule has 21 heavy (non-hydrogen) atoms. The molecule has 114 valence electrons. The zero-order chi connectivity index (χ0) is 14.9. The number of amides is 1. The van der Waals surface area contributed by atoms with Gasteiger partial charge in [-0.15, -0.1) is 0 Å². The first-order valence-electron chi connectivity index (χ1n) is 8.20. The summed E-state index contributed by atoms with van der Waals surface area (Å²) in [6.07, 6.45) is 4.07. The number of fused-ring (bicyclic) bond motifs is 1. The van der Waals surface area contributed by atoms with E-state index in [1.165, 1.54) is 11.1 Å². The van der Waals surface area contributed by atoms with E-state index in [0.717, 1.165) is 38.8 Å². The van der Waals surface area contributed by atoms with Crippen LogP contribution in [0.15, 0.2) is 24.3 Å². The van der Waals surface area contributed by atoms with Gasteiger partial charge in [0, 0.05) is 12.6 Å². The molecule has 0 radical (unpaired) electrons. The van der Waals surface area contributed by atoms with Crippen molar-refractivity contribution in [3.63, 3.8) is 0 Å². The quantitative estimate of drug-likeness (QED) is 0.895. The van der Waals surface area contributed by atoms with Gasteiger partial charge in [-0.2, -0.15) is 0 Å². The van der Waals surface area contributed by atoms with E-state index in [2.05, 4.69) is 48.7 Å². The van der Waals surface area contributed by atoms with Crippen LogP contribution in [0.25, 0.3) is 0 Å². The second-order valence-electron chi connectivity index (χ2n) is 6.92. The third kappa shape index (κ3) is 2.71. The first-order chi connectivity index (χ1) is 10.1. The van der Waals surface area contributed by atoms with Crippen LogP contribution in [0.2, 0.25) is 0 Å². The lowest BCUT2D eigenvalue weighted by molar-refractivity contribution is -0.133. The zero-order valence-corrected chi connectivity index (χ0v) is 13.1. The topological polar surface area (TPSA) is 41.1 Å². The molecule has 2 aliphatic rings. The lowest BCUT2D eigenvalue weighted by atomic mass is 9.75. The summed E-state index contributed by atoms with van der Waals surface area (Å²) in [5, 5.41) is 6.71. The molecule has 1 saturated heterocycles. The number of carbonyl (C=O) groups excluding carboxylic acids is 1. The highest BCUT2D eigenvalue weighted by Gasteiger charge is 2.44. The maximum Gasteiger partial charge on any atom is 0.228 e.